The van der Waals surface area contributed by atoms with E-state index in [4.69, 9.17) is 10.3 Å². The summed E-state index contributed by atoms with van der Waals surface area (Å²) in [6.07, 6.45) is 1.95. The van der Waals surface area contributed by atoms with Gasteiger partial charge in [0.2, 0.25) is 11.7 Å². The van der Waals surface area contributed by atoms with Crippen LogP contribution in [0.3, 0.4) is 0 Å². The lowest BCUT2D eigenvalue weighted by molar-refractivity contribution is 0.0687. The molecule has 3 aromatic rings. The highest BCUT2D eigenvalue weighted by Crippen LogP contribution is 2.30. The van der Waals surface area contributed by atoms with Gasteiger partial charge in [0.1, 0.15) is 5.69 Å². The summed E-state index contributed by atoms with van der Waals surface area (Å²) in [5, 5.41) is 4.03. The minimum atomic E-state index is -0.466. The molecular formula is C21H19N3O3. The summed E-state index contributed by atoms with van der Waals surface area (Å²) in [4.78, 5) is 26.0. The number of nitrogens with zero attached hydrogens (tertiary/aromatic N) is 2. The second kappa shape index (κ2) is 7.07. The van der Waals surface area contributed by atoms with Gasteiger partial charge in [0.25, 0.3) is 5.91 Å². The van der Waals surface area contributed by atoms with Crippen LogP contribution in [0.1, 0.15) is 39.3 Å². The number of hydrogen-bond acceptors (Lipinski definition) is 4. The zero-order chi connectivity index (χ0) is 18.8. The van der Waals surface area contributed by atoms with Crippen LogP contribution in [0.25, 0.3) is 11.3 Å². The van der Waals surface area contributed by atoms with Crippen LogP contribution in [-0.4, -0.2) is 27.9 Å². The van der Waals surface area contributed by atoms with E-state index in [0.29, 0.717) is 17.8 Å². The lowest BCUT2D eigenvalue weighted by Gasteiger charge is -2.21. The summed E-state index contributed by atoms with van der Waals surface area (Å²) in [5.74, 6) is -0.410. The van der Waals surface area contributed by atoms with Crippen LogP contribution in [-0.2, 0) is 6.54 Å². The third-order valence-electron chi connectivity index (χ3n) is 4.63. The molecule has 2 amide bonds. The molecule has 2 aromatic carbocycles. The Bertz CT molecular complexity index is 960. The molecule has 1 saturated carbocycles. The van der Waals surface area contributed by atoms with Gasteiger partial charge in [-0.15, -0.1) is 0 Å². The SMILES string of the molecule is NC(=O)c1ccc(CN(C(=O)c2cc(-c3ccccc3)no2)C2CC2)cc1. The summed E-state index contributed by atoms with van der Waals surface area (Å²) in [6.45, 7) is 0.448. The van der Waals surface area contributed by atoms with Crippen LogP contribution in [0.15, 0.2) is 65.2 Å². The van der Waals surface area contributed by atoms with Gasteiger partial charge in [0, 0.05) is 29.8 Å². The second-order valence-corrected chi connectivity index (χ2v) is 6.67. The van der Waals surface area contributed by atoms with E-state index in [0.717, 1.165) is 24.0 Å². The minimum absolute atomic E-state index is 0.175. The normalized spacial score (nSPS) is 13.3. The number of amides is 2. The van der Waals surface area contributed by atoms with E-state index >= 15 is 0 Å². The highest BCUT2D eigenvalue weighted by atomic mass is 16.5. The van der Waals surface area contributed by atoms with E-state index in [9.17, 15) is 9.59 Å². The van der Waals surface area contributed by atoms with Crippen molar-refractivity contribution in [1.29, 1.82) is 0 Å². The van der Waals surface area contributed by atoms with Gasteiger partial charge >= 0.3 is 0 Å². The first kappa shape index (κ1) is 17.0. The number of rotatable bonds is 6. The van der Waals surface area contributed by atoms with Gasteiger partial charge in [-0.25, -0.2) is 0 Å². The van der Waals surface area contributed by atoms with Gasteiger partial charge in [-0.05, 0) is 30.5 Å². The Morgan fingerprint density at radius 2 is 1.78 bits per heavy atom. The fourth-order valence-electron chi connectivity index (χ4n) is 2.99. The molecule has 4 rings (SSSR count). The van der Waals surface area contributed by atoms with E-state index in [1.807, 2.05) is 42.5 Å². The highest BCUT2D eigenvalue weighted by Gasteiger charge is 2.34. The van der Waals surface area contributed by atoms with Crippen molar-refractivity contribution in [1.82, 2.24) is 10.1 Å². The zero-order valence-electron chi connectivity index (χ0n) is 14.7. The molecule has 0 spiro atoms. The second-order valence-electron chi connectivity index (χ2n) is 6.67. The molecule has 1 fully saturated rings. The molecule has 2 N–H and O–H groups in total. The monoisotopic (exact) mass is 361 g/mol. The van der Waals surface area contributed by atoms with Crippen molar-refractivity contribution in [3.63, 3.8) is 0 Å². The molecule has 6 nitrogen and oxygen atoms in total. The molecule has 1 aliphatic rings. The summed E-state index contributed by atoms with van der Waals surface area (Å²) in [5.41, 5.74) is 8.20. The van der Waals surface area contributed by atoms with Crippen LogP contribution in [0.5, 0.6) is 0 Å². The fraction of sp³-hybridized carbons (Fsp3) is 0.190. The van der Waals surface area contributed by atoms with Gasteiger partial charge in [0.05, 0.1) is 0 Å². The first-order chi connectivity index (χ1) is 13.1. The predicted molar refractivity (Wildman–Crippen MR) is 99.8 cm³/mol. The van der Waals surface area contributed by atoms with Gasteiger partial charge in [-0.3, -0.25) is 9.59 Å². The Morgan fingerprint density at radius 3 is 2.41 bits per heavy atom. The molecular weight excluding hydrogens is 342 g/mol. The first-order valence-corrected chi connectivity index (χ1v) is 8.83. The number of benzene rings is 2. The van der Waals surface area contributed by atoms with Crippen molar-refractivity contribution in [3.8, 4) is 11.3 Å². The fourth-order valence-corrected chi connectivity index (χ4v) is 2.99. The lowest BCUT2D eigenvalue weighted by Crippen LogP contribution is -2.32. The van der Waals surface area contributed by atoms with Crippen molar-refractivity contribution in [3.05, 3.63) is 77.6 Å². The molecule has 1 aromatic heterocycles. The molecule has 0 bridgehead atoms. The summed E-state index contributed by atoms with van der Waals surface area (Å²) >= 11 is 0. The van der Waals surface area contributed by atoms with Crippen LogP contribution >= 0.6 is 0 Å². The van der Waals surface area contributed by atoms with E-state index in [1.165, 1.54) is 0 Å². The van der Waals surface area contributed by atoms with Gasteiger partial charge in [-0.2, -0.15) is 0 Å². The molecule has 1 heterocycles. The first-order valence-electron chi connectivity index (χ1n) is 8.83. The molecule has 0 aliphatic heterocycles. The number of hydrogen-bond donors (Lipinski definition) is 1. The Kier molecular flexibility index (Phi) is 4.46. The number of primary amides is 1. The van der Waals surface area contributed by atoms with Crippen molar-refractivity contribution < 1.29 is 14.1 Å². The average molecular weight is 361 g/mol. The van der Waals surface area contributed by atoms with Crippen molar-refractivity contribution >= 4 is 11.8 Å². The number of nitrogens with two attached hydrogens (primary N) is 1. The van der Waals surface area contributed by atoms with Crippen LogP contribution in [0.4, 0.5) is 0 Å². The topological polar surface area (TPSA) is 89.4 Å². The molecule has 0 radical (unpaired) electrons. The van der Waals surface area contributed by atoms with Crippen LogP contribution in [0, 0.1) is 0 Å². The summed E-state index contributed by atoms with van der Waals surface area (Å²) in [6, 6.07) is 18.5. The lowest BCUT2D eigenvalue weighted by atomic mass is 10.1. The Balaban J connectivity index is 1.53. The largest absolute Gasteiger partial charge is 0.366 e. The van der Waals surface area contributed by atoms with Crippen molar-refractivity contribution in [2.24, 2.45) is 5.73 Å². The number of aromatic nitrogens is 1. The predicted octanol–water partition coefficient (Wildman–Crippen LogP) is 3.25. The standard InChI is InChI=1S/C21H19N3O3/c22-20(25)16-8-6-14(7-9-16)13-24(17-10-11-17)21(26)19-12-18(23-27-19)15-4-2-1-3-5-15/h1-9,12,17H,10-11,13H2,(H2,22,25). The Hall–Kier alpha value is -3.41. The maximum absolute atomic E-state index is 13.0. The molecule has 6 heteroatoms. The molecule has 0 unspecified atom stereocenters. The quantitative estimate of drug-likeness (QED) is 0.730. The maximum atomic E-state index is 13.0. The number of carbonyl (C=O) groups is 2. The molecule has 27 heavy (non-hydrogen) atoms. The maximum Gasteiger partial charge on any atom is 0.293 e. The third kappa shape index (κ3) is 3.74. The van der Waals surface area contributed by atoms with E-state index in [2.05, 4.69) is 5.16 Å². The Morgan fingerprint density at radius 1 is 1.07 bits per heavy atom. The molecule has 136 valence electrons. The van der Waals surface area contributed by atoms with Crippen molar-refractivity contribution in [2.75, 3.05) is 0 Å². The molecule has 1 aliphatic carbocycles. The highest BCUT2D eigenvalue weighted by molar-refractivity contribution is 5.93. The smallest absolute Gasteiger partial charge is 0.293 e. The van der Waals surface area contributed by atoms with E-state index in [1.54, 1.807) is 23.1 Å². The van der Waals surface area contributed by atoms with E-state index < -0.39 is 5.91 Å². The summed E-state index contributed by atoms with van der Waals surface area (Å²) in [7, 11) is 0. The van der Waals surface area contributed by atoms with Gasteiger partial charge in [-0.1, -0.05) is 47.6 Å². The van der Waals surface area contributed by atoms with E-state index in [-0.39, 0.29) is 17.7 Å². The number of carbonyl (C=O) groups excluding carboxylic acids is 2. The third-order valence-corrected chi connectivity index (χ3v) is 4.63. The minimum Gasteiger partial charge on any atom is -0.366 e. The molecule has 0 saturated heterocycles. The summed E-state index contributed by atoms with van der Waals surface area (Å²) < 4.78 is 5.33. The van der Waals surface area contributed by atoms with Gasteiger partial charge in [0.15, 0.2) is 0 Å². The van der Waals surface area contributed by atoms with Crippen molar-refractivity contribution in [2.45, 2.75) is 25.4 Å². The zero-order valence-corrected chi connectivity index (χ0v) is 14.7. The van der Waals surface area contributed by atoms with Gasteiger partial charge < -0.3 is 15.2 Å². The average Bonchev–Trinajstić information content (AvgIpc) is 3.42. The van der Waals surface area contributed by atoms with Crippen LogP contribution < -0.4 is 5.73 Å². The van der Waals surface area contributed by atoms with Crippen LogP contribution in [0.2, 0.25) is 0 Å². The Labute approximate surface area is 156 Å². The molecule has 0 atom stereocenters.